The maximum absolute atomic E-state index is 12.0. The van der Waals surface area contributed by atoms with Crippen LogP contribution in [0.4, 0.5) is 18.9 Å². The fraction of sp³-hybridized carbons (Fsp3) is 0.143. The zero-order valence-corrected chi connectivity index (χ0v) is 9.95. The lowest BCUT2D eigenvalue weighted by atomic mass is 10.0. The molecule has 2 N–H and O–H groups in total. The van der Waals surface area contributed by atoms with Gasteiger partial charge in [-0.1, -0.05) is 30.3 Å². The molecule has 0 aliphatic rings. The lowest BCUT2D eigenvalue weighted by molar-refractivity contribution is -0.153. The molecule has 0 saturated carbocycles. The molecule has 0 radical (unpaired) electrons. The summed E-state index contributed by atoms with van der Waals surface area (Å²) in [5.41, 5.74) is 7.88. The van der Waals surface area contributed by atoms with Crippen LogP contribution in [0.25, 0.3) is 11.1 Å². The van der Waals surface area contributed by atoms with Crippen LogP contribution in [0.1, 0.15) is 0 Å². The van der Waals surface area contributed by atoms with Crippen LogP contribution in [-0.4, -0.2) is 12.8 Å². The first-order valence-electron chi connectivity index (χ1n) is 5.60. The van der Waals surface area contributed by atoms with E-state index in [0.29, 0.717) is 5.69 Å². The summed E-state index contributed by atoms with van der Waals surface area (Å²) in [5, 5.41) is 0. The number of benzene rings is 2. The SMILES string of the molecule is Nc1cc(OCC(F)(F)F)ccc1-c1ccccc1. The molecule has 2 nitrogen and oxygen atoms in total. The Balaban J connectivity index is 2.18. The first-order valence-corrected chi connectivity index (χ1v) is 5.60. The smallest absolute Gasteiger partial charge is 0.422 e. The van der Waals surface area contributed by atoms with E-state index in [9.17, 15) is 13.2 Å². The average molecular weight is 267 g/mol. The number of nitrogens with two attached hydrogens (primary N) is 1. The second-order valence-corrected chi connectivity index (χ2v) is 4.02. The lowest BCUT2D eigenvalue weighted by Gasteiger charge is -2.11. The standard InChI is InChI=1S/C14H12F3NO/c15-14(16,17)9-19-11-6-7-12(13(18)8-11)10-4-2-1-3-5-10/h1-8H,9,18H2. The van der Waals surface area contributed by atoms with Crippen molar-refractivity contribution in [3.63, 3.8) is 0 Å². The molecule has 0 saturated heterocycles. The van der Waals surface area contributed by atoms with Gasteiger partial charge >= 0.3 is 6.18 Å². The van der Waals surface area contributed by atoms with Crippen LogP contribution in [0.3, 0.4) is 0 Å². The van der Waals surface area contributed by atoms with Crippen molar-refractivity contribution in [3.05, 3.63) is 48.5 Å². The molecular formula is C14H12F3NO. The summed E-state index contributed by atoms with van der Waals surface area (Å²) in [6.07, 6.45) is -4.35. The molecule has 0 bridgehead atoms. The van der Waals surface area contributed by atoms with Gasteiger partial charge in [-0.3, -0.25) is 0 Å². The molecule has 2 aromatic carbocycles. The molecule has 2 rings (SSSR count). The van der Waals surface area contributed by atoms with E-state index in [2.05, 4.69) is 4.74 Å². The predicted molar refractivity (Wildman–Crippen MR) is 67.8 cm³/mol. The second-order valence-electron chi connectivity index (χ2n) is 4.02. The van der Waals surface area contributed by atoms with Crippen LogP contribution in [0.2, 0.25) is 0 Å². The van der Waals surface area contributed by atoms with E-state index in [-0.39, 0.29) is 5.75 Å². The fourth-order valence-corrected chi connectivity index (χ4v) is 1.68. The monoisotopic (exact) mass is 267 g/mol. The summed E-state index contributed by atoms with van der Waals surface area (Å²) in [7, 11) is 0. The highest BCUT2D eigenvalue weighted by Crippen LogP contribution is 2.29. The van der Waals surface area contributed by atoms with Crippen molar-refractivity contribution in [1.82, 2.24) is 0 Å². The lowest BCUT2D eigenvalue weighted by Crippen LogP contribution is -2.19. The van der Waals surface area contributed by atoms with Gasteiger partial charge in [-0.05, 0) is 17.7 Å². The third kappa shape index (κ3) is 3.64. The minimum atomic E-state index is -4.35. The molecule has 100 valence electrons. The van der Waals surface area contributed by atoms with Crippen molar-refractivity contribution >= 4 is 5.69 Å². The summed E-state index contributed by atoms with van der Waals surface area (Å²) in [4.78, 5) is 0. The molecule has 0 atom stereocenters. The number of hydrogen-bond donors (Lipinski definition) is 1. The largest absolute Gasteiger partial charge is 0.484 e. The van der Waals surface area contributed by atoms with Gasteiger partial charge in [0.1, 0.15) is 5.75 Å². The predicted octanol–water partition coefficient (Wildman–Crippen LogP) is 3.88. The van der Waals surface area contributed by atoms with Gasteiger partial charge in [-0.15, -0.1) is 0 Å². The molecule has 0 fully saturated rings. The van der Waals surface area contributed by atoms with E-state index in [1.165, 1.54) is 12.1 Å². The van der Waals surface area contributed by atoms with Gasteiger partial charge in [0, 0.05) is 17.3 Å². The third-order valence-corrected chi connectivity index (χ3v) is 2.51. The van der Waals surface area contributed by atoms with Crippen molar-refractivity contribution in [3.8, 4) is 16.9 Å². The molecule has 0 aliphatic heterocycles. The number of alkyl halides is 3. The van der Waals surface area contributed by atoms with Crippen molar-refractivity contribution in [2.24, 2.45) is 0 Å². The Bertz CT molecular complexity index is 552. The number of ether oxygens (including phenoxy) is 1. The van der Waals surface area contributed by atoms with Crippen molar-refractivity contribution in [2.75, 3.05) is 12.3 Å². The molecule has 0 aliphatic carbocycles. The normalized spacial score (nSPS) is 11.3. The van der Waals surface area contributed by atoms with Gasteiger partial charge in [-0.25, -0.2) is 0 Å². The van der Waals surface area contributed by atoms with E-state index in [4.69, 9.17) is 5.73 Å². The molecule has 0 heterocycles. The van der Waals surface area contributed by atoms with Crippen molar-refractivity contribution in [2.45, 2.75) is 6.18 Å². The second kappa shape index (κ2) is 5.22. The average Bonchev–Trinajstić information content (AvgIpc) is 2.37. The molecule has 0 spiro atoms. The van der Waals surface area contributed by atoms with Crippen molar-refractivity contribution < 1.29 is 17.9 Å². The first kappa shape index (κ1) is 13.3. The van der Waals surface area contributed by atoms with Crippen LogP contribution in [0, 0.1) is 0 Å². The quantitative estimate of drug-likeness (QED) is 0.856. The summed E-state index contributed by atoms with van der Waals surface area (Å²) < 4.78 is 40.7. The number of halogens is 3. The molecule has 0 aromatic heterocycles. The molecule has 0 amide bonds. The van der Waals surface area contributed by atoms with Crippen LogP contribution < -0.4 is 10.5 Å². The van der Waals surface area contributed by atoms with E-state index < -0.39 is 12.8 Å². The summed E-state index contributed by atoms with van der Waals surface area (Å²) in [6.45, 7) is -1.32. The van der Waals surface area contributed by atoms with Crippen LogP contribution in [-0.2, 0) is 0 Å². The molecule has 0 unspecified atom stereocenters. The van der Waals surface area contributed by atoms with Gasteiger partial charge in [-0.2, -0.15) is 13.2 Å². The Morgan fingerprint density at radius 3 is 2.26 bits per heavy atom. The Morgan fingerprint density at radius 2 is 1.68 bits per heavy atom. The van der Waals surface area contributed by atoms with Gasteiger partial charge < -0.3 is 10.5 Å². The number of nitrogen functional groups attached to an aromatic ring is 1. The maximum atomic E-state index is 12.0. The minimum Gasteiger partial charge on any atom is -0.484 e. The van der Waals surface area contributed by atoms with Crippen molar-refractivity contribution in [1.29, 1.82) is 0 Å². The Morgan fingerprint density at radius 1 is 1.00 bits per heavy atom. The Labute approximate surface area is 108 Å². The number of hydrogen-bond acceptors (Lipinski definition) is 2. The zero-order valence-electron chi connectivity index (χ0n) is 9.95. The highest BCUT2D eigenvalue weighted by molar-refractivity contribution is 5.77. The van der Waals surface area contributed by atoms with Crippen LogP contribution in [0.5, 0.6) is 5.75 Å². The third-order valence-electron chi connectivity index (χ3n) is 2.51. The summed E-state index contributed by atoms with van der Waals surface area (Å²) in [5.74, 6) is 0.106. The Hall–Kier alpha value is -2.17. The topological polar surface area (TPSA) is 35.2 Å². The highest BCUT2D eigenvalue weighted by Gasteiger charge is 2.28. The van der Waals surface area contributed by atoms with E-state index in [1.54, 1.807) is 6.07 Å². The molecule has 5 heteroatoms. The highest BCUT2D eigenvalue weighted by atomic mass is 19.4. The molecular weight excluding hydrogens is 255 g/mol. The molecule has 2 aromatic rings. The van der Waals surface area contributed by atoms with E-state index in [0.717, 1.165) is 11.1 Å². The van der Waals surface area contributed by atoms with Crippen LogP contribution >= 0.6 is 0 Å². The van der Waals surface area contributed by atoms with E-state index in [1.807, 2.05) is 30.3 Å². The van der Waals surface area contributed by atoms with Gasteiger partial charge in [0.25, 0.3) is 0 Å². The van der Waals surface area contributed by atoms with Gasteiger partial charge in [0.05, 0.1) is 0 Å². The molecule has 19 heavy (non-hydrogen) atoms. The first-order chi connectivity index (χ1) is 8.96. The minimum absolute atomic E-state index is 0.106. The summed E-state index contributed by atoms with van der Waals surface area (Å²) >= 11 is 0. The Kier molecular flexibility index (Phi) is 3.64. The fourth-order valence-electron chi connectivity index (χ4n) is 1.68. The zero-order chi connectivity index (χ0) is 13.9. The van der Waals surface area contributed by atoms with Gasteiger partial charge in [0.2, 0.25) is 0 Å². The van der Waals surface area contributed by atoms with Crippen LogP contribution in [0.15, 0.2) is 48.5 Å². The van der Waals surface area contributed by atoms with Gasteiger partial charge in [0.15, 0.2) is 6.61 Å². The number of rotatable bonds is 3. The summed E-state index contributed by atoms with van der Waals surface area (Å²) in [6, 6.07) is 13.9. The van der Waals surface area contributed by atoms with E-state index >= 15 is 0 Å². The maximum Gasteiger partial charge on any atom is 0.422 e. The number of anilines is 1.